The first-order chi connectivity index (χ1) is 16.1. The topological polar surface area (TPSA) is 141 Å². The van der Waals surface area contributed by atoms with E-state index in [9.17, 15) is 14.9 Å². The highest BCUT2D eigenvalue weighted by atomic mass is 32.1. The zero-order chi connectivity index (χ0) is 22.8. The SMILES string of the molecule is O=C(NCc1cnc(-c2ccn3nc(-c4cncnc4)nc3c2)s1)c1ccc([N+](=O)[O-])cc1. The Morgan fingerprint density at radius 1 is 1.09 bits per heavy atom. The van der Waals surface area contributed by atoms with Gasteiger partial charge in [0.25, 0.3) is 11.6 Å². The molecule has 1 amide bonds. The van der Waals surface area contributed by atoms with Crippen molar-refractivity contribution in [1.82, 2.24) is 34.9 Å². The third-order valence-electron chi connectivity index (χ3n) is 4.72. The van der Waals surface area contributed by atoms with Crippen molar-refractivity contribution < 1.29 is 9.72 Å². The zero-order valence-corrected chi connectivity index (χ0v) is 17.6. The van der Waals surface area contributed by atoms with Crippen LogP contribution in [0.4, 0.5) is 5.69 Å². The number of fused-ring (bicyclic) bond motifs is 1. The molecular formula is C21H14N8O3S. The summed E-state index contributed by atoms with van der Waals surface area (Å²) in [5.41, 5.74) is 2.55. The smallest absolute Gasteiger partial charge is 0.269 e. The summed E-state index contributed by atoms with van der Waals surface area (Å²) < 4.78 is 1.67. The van der Waals surface area contributed by atoms with Crippen molar-refractivity contribution >= 4 is 28.6 Å². The first-order valence-electron chi connectivity index (χ1n) is 9.66. The summed E-state index contributed by atoms with van der Waals surface area (Å²) in [6.45, 7) is 0.290. The Balaban J connectivity index is 1.29. The van der Waals surface area contributed by atoms with Crippen LogP contribution in [-0.4, -0.2) is 40.4 Å². The highest BCUT2D eigenvalue weighted by Crippen LogP contribution is 2.26. The van der Waals surface area contributed by atoms with E-state index in [-0.39, 0.29) is 11.6 Å². The van der Waals surface area contributed by atoms with Gasteiger partial charge in [0.15, 0.2) is 11.5 Å². The van der Waals surface area contributed by atoms with Crippen LogP contribution in [0.15, 0.2) is 67.5 Å². The molecule has 0 saturated carbocycles. The Morgan fingerprint density at radius 2 is 1.88 bits per heavy atom. The predicted molar refractivity (Wildman–Crippen MR) is 119 cm³/mol. The van der Waals surface area contributed by atoms with Gasteiger partial charge in [0.2, 0.25) is 0 Å². The van der Waals surface area contributed by atoms with Crippen LogP contribution in [0.5, 0.6) is 0 Å². The zero-order valence-electron chi connectivity index (χ0n) is 16.8. The van der Waals surface area contributed by atoms with Gasteiger partial charge in [-0.1, -0.05) is 0 Å². The molecule has 0 bridgehead atoms. The molecule has 12 heteroatoms. The summed E-state index contributed by atoms with van der Waals surface area (Å²) in [6, 6.07) is 9.24. The van der Waals surface area contributed by atoms with E-state index in [1.807, 2.05) is 18.3 Å². The number of nitrogens with one attached hydrogen (secondary N) is 1. The van der Waals surface area contributed by atoms with Gasteiger partial charge in [-0.15, -0.1) is 16.4 Å². The van der Waals surface area contributed by atoms with Gasteiger partial charge in [-0.25, -0.2) is 24.5 Å². The summed E-state index contributed by atoms with van der Waals surface area (Å²) in [5.74, 6) is 0.212. The second-order valence-electron chi connectivity index (χ2n) is 6.90. The first kappa shape index (κ1) is 20.3. The number of nitro groups is 1. The van der Waals surface area contributed by atoms with Crippen molar-refractivity contribution in [2.45, 2.75) is 6.54 Å². The minimum Gasteiger partial charge on any atom is -0.347 e. The maximum Gasteiger partial charge on any atom is 0.269 e. The number of rotatable bonds is 6. The van der Waals surface area contributed by atoms with Crippen LogP contribution in [0.1, 0.15) is 15.2 Å². The Bertz CT molecular complexity index is 1460. The van der Waals surface area contributed by atoms with Crippen LogP contribution in [0.2, 0.25) is 0 Å². The molecule has 162 valence electrons. The van der Waals surface area contributed by atoms with Gasteiger partial charge in [-0.05, 0) is 24.3 Å². The molecule has 0 atom stereocenters. The molecule has 33 heavy (non-hydrogen) atoms. The van der Waals surface area contributed by atoms with Gasteiger partial charge in [0, 0.05) is 52.9 Å². The maximum atomic E-state index is 12.3. The van der Waals surface area contributed by atoms with Crippen molar-refractivity contribution in [2.24, 2.45) is 0 Å². The molecule has 11 nitrogen and oxygen atoms in total. The molecule has 0 aliphatic heterocycles. The Kier molecular flexibility index (Phi) is 5.24. The van der Waals surface area contributed by atoms with E-state index in [1.165, 1.54) is 41.9 Å². The van der Waals surface area contributed by atoms with Crippen LogP contribution >= 0.6 is 11.3 Å². The van der Waals surface area contributed by atoms with Crippen molar-refractivity contribution in [2.75, 3.05) is 0 Å². The van der Waals surface area contributed by atoms with Crippen LogP contribution in [-0.2, 0) is 6.54 Å². The largest absolute Gasteiger partial charge is 0.347 e. The van der Waals surface area contributed by atoms with Crippen LogP contribution in [0.3, 0.4) is 0 Å². The van der Waals surface area contributed by atoms with E-state index >= 15 is 0 Å². The Hall–Kier alpha value is -4.58. The highest BCUT2D eigenvalue weighted by molar-refractivity contribution is 7.15. The van der Waals surface area contributed by atoms with E-state index in [0.29, 0.717) is 23.6 Å². The molecule has 1 N–H and O–H groups in total. The van der Waals surface area contributed by atoms with E-state index in [4.69, 9.17) is 0 Å². The van der Waals surface area contributed by atoms with E-state index < -0.39 is 4.92 Å². The van der Waals surface area contributed by atoms with E-state index in [1.54, 1.807) is 23.1 Å². The molecule has 5 rings (SSSR count). The quantitative estimate of drug-likeness (QED) is 0.302. The third kappa shape index (κ3) is 4.27. The second-order valence-corrected chi connectivity index (χ2v) is 8.01. The van der Waals surface area contributed by atoms with Gasteiger partial charge < -0.3 is 5.32 Å². The van der Waals surface area contributed by atoms with Crippen LogP contribution in [0.25, 0.3) is 27.6 Å². The lowest BCUT2D eigenvalue weighted by Gasteiger charge is -2.03. The lowest BCUT2D eigenvalue weighted by atomic mass is 10.2. The van der Waals surface area contributed by atoms with Crippen molar-refractivity contribution in [3.05, 3.63) is 88.1 Å². The molecule has 0 fully saturated rings. The van der Waals surface area contributed by atoms with Gasteiger partial charge in [0.1, 0.15) is 11.3 Å². The molecule has 5 aromatic rings. The van der Waals surface area contributed by atoms with Crippen molar-refractivity contribution in [1.29, 1.82) is 0 Å². The number of benzene rings is 1. The number of carbonyl (C=O) groups excluding carboxylic acids is 1. The summed E-state index contributed by atoms with van der Waals surface area (Å²) in [7, 11) is 0. The van der Waals surface area contributed by atoms with Gasteiger partial charge in [0.05, 0.1) is 17.0 Å². The van der Waals surface area contributed by atoms with E-state index in [0.717, 1.165) is 21.0 Å². The van der Waals surface area contributed by atoms with Gasteiger partial charge in [-0.3, -0.25) is 14.9 Å². The fourth-order valence-electron chi connectivity index (χ4n) is 3.08. The summed E-state index contributed by atoms with van der Waals surface area (Å²) >= 11 is 1.45. The number of nitrogens with zero attached hydrogens (tertiary/aromatic N) is 7. The molecular weight excluding hydrogens is 444 g/mol. The van der Waals surface area contributed by atoms with Crippen LogP contribution in [0, 0.1) is 10.1 Å². The molecule has 4 heterocycles. The molecule has 0 unspecified atom stereocenters. The Morgan fingerprint density at radius 3 is 2.64 bits per heavy atom. The Labute approximate surface area is 190 Å². The number of aromatic nitrogens is 6. The fraction of sp³-hybridized carbons (Fsp3) is 0.0476. The van der Waals surface area contributed by atoms with E-state index in [2.05, 4.69) is 30.4 Å². The number of hydrogen-bond acceptors (Lipinski definition) is 9. The number of hydrogen-bond donors (Lipinski definition) is 1. The number of pyridine rings is 1. The molecule has 0 aliphatic rings. The normalized spacial score (nSPS) is 10.9. The third-order valence-corrected chi connectivity index (χ3v) is 5.77. The van der Waals surface area contributed by atoms with Gasteiger partial charge >= 0.3 is 0 Å². The molecule has 0 spiro atoms. The summed E-state index contributed by atoms with van der Waals surface area (Å²) in [4.78, 5) is 40.4. The number of thiazole rings is 1. The maximum absolute atomic E-state index is 12.3. The molecule has 1 aromatic carbocycles. The van der Waals surface area contributed by atoms with Gasteiger partial charge in [-0.2, -0.15) is 0 Å². The molecule has 0 aliphatic carbocycles. The summed E-state index contributed by atoms with van der Waals surface area (Å²) in [5, 5.41) is 18.8. The molecule has 4 aromatic heterocycles. The number of nitro benzene ring substituents is 1. The monoisotopic (exact) mass is 458 g/mol. The minimum atomic E-state index is -0.506. The summed E-state index contributed by atoms with van der Waals surface area (Å²) in [6.07, 6.45) is 8.27. The van der Waals surface area contributed by atoms with Crippen LogP contribution < -0.4 is 5.32 Å². The minimum absolute atomic E-state index is 0.0625. The predicted octanol–water partition coefficient (Wildman–Crippen LogP) is 3.15. The van der Waals surface area contributed by atoms with Crippen molar-refractivity contribution in [3.63, 3.8) is 0 Å². The van der Waals surface area contributed by atoms with Crippen molar-refractivity contribution in [3.8, 4) is 22.0 Å². The average Bonchev–Trinajstić information content (AvgIpc) is 3.50. The lowest BCUT2D eigenvalue weighted by molar-refractivity contribution is -0.384. The average molecular weight is 458 g/mol. The lowest BCUT2D eigenvalue weighted by Crippen LogP contribution is -2.22. The highest BCUT2D eigenvalue weighted by Gasteiger charge is 2.12. The molecule has 0 saturated heterocycles. The number of non-ortho nitro benzene ring substituents is 1. The standard InChI is InChI=1S/C21H14N8O3S/c30-20(13-1-3-16(4-2-13)29(31)32)24-10-17-11-25-21(33-17)14-5-6-28-18(7-14)26-19(27-28)15-8-22-12-23-9-15/h1-9,11-12H,10H2,(H,24,30). The number of carbonyl (C=O) groups is 1. The fourth-order valence-corrected chi connectivity index (χ4v) is 3.93. The second kappa shape index (κ2) is 8.51. The number of amides is 1. The molecule has 0 radical (unpaired) electrons. The first-order valence-corrected chi connectivity index (χ1v) is 10.5.